The normalized spacial score (nSPS) is 11.1. The molecule has 1 rings (SSSR count). The molecule has 0 aliphatic heterocycles. The van der Waals surface area contributed by atoms with E-state index >= 15 is 0 Å². The summed E-state index contributed by atoms with van der Waals surface area (Å²) in [6.07, 6.45) is 0. The Bertz CT molecular complexity index is 385. The van der Waals surface area contributed by atoms with Gasteiger partial charge in [0.1, 0.15) is 5.75 Å². The number of primary amides is 1. The van der Waals surface area contributed by atoms with E-state index < -0.39 is 14.2 Å². The van der Waals surface area contributed by atoms with Crippen LogP contribution in [0.15, 0.2) is 18.2 Å². The molecule has 0 radical (unpaired) electrons. The van der Waals surface area contributed by atoms with Crippen LogP contribution in [0.2, 0.25) is 19.6 Å². The molecule has 0 spiro atoms. The smallest absolute Gasteiger partial charge is 0.250 e. The van der Waals surface area contributed by atoms with Gasteiger partial charge >= 0.3 is 0 Å². The minimum Gasteiger partial charge on any atom is -0.543 e. The Kier molecular flexibility index (Phi) is 3.04. The second kappa shape index (κ2) is 3.94. The van der Waals surface area contributed by atoms with Crippen molar-refractivity contribution < 1.29 is 9.22 Å². The number of carbonyl (C=O) groups is 1. The number of nitrogens with two attached hydrogens (primary N) is 2. The summed E-state index contributed by atoms with van der Waals surface area (Å²) in [6.45, 7) is 6.14. The van der Waals surface area contributed by atoms with Crippen molar-refractivity contribution in [3.05, 3.63) is 23.8 Å². The number of amides is 1. The van der Waals surface area contributed by atoms with Gasteiger partial charge in [0.25, 0.3) is 5.91 Å². The summed E-state index contributed by atoms with van der Waals surface area (Å²) in [6, 6.07) is 5.06. The number of nitrogen functional groups attached to an aromatic ring is 1. The van der Waals surface area contributed by atoms with Crippen LogP contribution in [-0.4, -0.2) is 14.2 Å². The maximum Gasteiger partial charge on any atom is 0.250 e. The minimum absolute atomic E-state index is 0.311. The molecule has 0 aliphatic carbocycles. The third kappa shape index (κ3) is 2.98. The average Bonchev–Trinajstić information content (AvgIpc) is 2.05. The van der Waals surface area contributed by atoms with Crippen LogP contribution in [0.1, 0.15) is 10.4 Å². The van der Waals surface area contributed by atoms with Crippen LogP contribution in [-0.2, 0) is 0 Å². The first-order valence-corrected chi connectivity index (χ1v) is 8.09. The van der Waals surface area contributed by atoms with Gasteiger partial charge in [-0.15, -0.1) is 0 Å². The van der Waals surface area contributed by atoms with Gasteiger partial charge in [0.2, 0.25) is 8.32 Å². The predicted molar refractivity (Wildman–Crippen MR) is 63.3 cm³/mol. The average molecular weight is 224 g/mol. The zero-order valence-corrected chi connectivity index (χ0v) is 10.2. The molecule has 82 valence electrons. The Labute approximate surface area is 90.4 Å². The molecule has 4 N–H and O–H groups in total. The molecule has 5 heteroatoms. The third-order valence-corrected chi connectivity index (χ3v) is 2.58. The summed E-state index contributed by atoms with van der Waals surface area (Å²) in [7, 11) is -1.72. The van der Waals surface area contributed by atoms with Gasteiger partial charge in [0.05, 0.1) is 11.3 Å². The van der Waals surface area contributed by atoms with Crippen LogP contribution in [0.4, 0.5) is 5.69 Å². The molecule has 1 aromatic carbocycles. The predicted octanol–water partition coefficient (Wildman–Crippen LogP) is 1.58. The van der Waals surface area contributed by atoms with Gasteiger partial charge in [-0.05, 0) is 31.8 Å². The molecule has 0 aliphatic rings. The highest BCUT2D eigenvalue weighted by Crippen LogP contribution is 2.27. The Morgan fingerprint density at radius 1 is 1.33 bits per heavy atom. The minimum atomic E-state index is -1.72. The maximum atomic E-state index is 11.0. The zero-order chi connectivity index (χ0) is 11.6. The van der Waals surface area contributed by atoms with E-state index in [4.69, 9.17) is 15.9 Å². The molecule has 15 heavy (non-hydrogen) atoms. The largest absolute Gasteiger partial charge is 0.543 e. The number of benzene rings is 1. The first-order valence-electron chi connectivity index (χ1n) is 4.68. The lowest BCUT2D eigenvalue weighted by Gasteiger charge is -2.21. The van der Waals surface area contributed by atoms with E-state index in [9.17, 15) is 4.79 Å². The highest BCUT2D eigenvalue weighted by atomic mass is 28.4. The summed E-state index contributed by atoms with van der Waals surface area (Å²) in [5.74, 6) is 0.0130. The number of para-hydroxylation sites is 1. The van der Waals surface area contributed by atoms with Crippen LogP contribution in [0, 0.1) is 0 Å². The monoisotopic (exact) mass is 224 g/mol. The molecule has 4 nitrogen and oxygen atoms in total. The van der Waals surface area contributed by atoms with Crippen LogP contribution >= 0.6 is 0 Å². The number of anilines is 1. The lowest BCUT2D eigenvalue weighted by atomic mass is 10.1. The second-order valence-electron chi connectivity index (χ2n) is 4.30. The zero-order valence-electron chi connectivity index (χ0n) is 9.20. The van der Waals surface area contributed by atoms with Gasteiger partial charge in [-0.1, -0.05) is 6.07 Å². The lowest BCUT2D eigenvalue weighted by molar-refractivity contribution is 0.100. The molecule has 0 fully saturated rings. The maximum absolute atomic E-state index is 11.0. The fraction of sp³-hybridized carbons (Fsp3) is 0.300. The Hall–Kier alpha value is -1.49. The number of carbonyl (C=O) groups excluding carboxylic acids is 1. The van der Waals surface area contributed by atoms with Crippen LogP contribution in [0.25, 0.3) is 0 Å². The van der Waals surface area contributed by atoms with Crippen molar-refractivity contribution in [2.24, 2.45) is 5.73 Å². The lowest BCUT2D eigenvalue weighted by Crippen LogP contribution is -2.30. The Morgan fingerprint density at radius 2 is 1.93 bits per heavy atom. The fourth-order valence-electron chi connectivity index (χ4n) is 1.18. The van der Waals surface area contributed by atoms with Crippen molar-refractivity contribution >= 4 is 19.9 Å². The van der Waals surface area contributed by atoms with Gasteiger partial charge in [-0.3, -0.25) is 4.79 Å². The molecular weight excluding hydrogens is 208 g/mol. The van der Waals surface area contributed by atoms with Crippen molar-refractivity contribution in [2.75, 3.05) is 5.73 Å². The topological polar surface area (TPSA) is 78.3 Å². The van der Waals surface area contributed by atoms with Crippen LogP contribution in [0.3, 0.4) is 0 Å². The first kappa shape index (κ1) is 11.6. The summed E-state index contributed by atoms with van der Waals surface area (Å²) in [5.41, 5.74) is 11.6. The molecule has 0 aromatic heterocycles. The number of hydrogen-bond acceptors (Lipinski definition) is 3. The second-order valence-corrected chi connectivity index (χ2v) is 8.72. The Balaban J connectivity index is 3.10. The third-order valence-electron chi connectivity index (χ3n) is 1.75. The molecule has 1 amide bonds. The van der Waals surface area contributed by atoms with E-state index in [2.05, 4.69) is 0 Å². The summed E-state index contributed by atoms with van der Waals surface area (Å²) >= 11 is 0. The first-order chi connectivity index (χ1) is 6.81. The standard InChI is InChI=1S/C10H16N2O2Si/c1-15(2,3)14-8-6-4-5-7(9(8)11)10(12)13/h4-6H,11H2,1-3H3,(H2,12,13). The molecule has 0 saturated carbocycles. The summed E-state index contributed by atoms with van der Waals surface area (Å²) in [5, 5.41) is 0. The molecule has 0 atom stereocenters. The molecule has 0 bridgehead atoms. The van der Waals surface area contributed by atoms with Crippen molar-refractivity contribution in [1.82, 2.24) is 0 Å². The van der Waals surface area contributed by atoms with Crippen LogP contribution in [0.5, 0.6) is 5.75 Å². The quantitative estimate of drug-likeness (QED) is 0.604. The van der Waals surface area contributed by atoms with Crippen molar-refractivity contribution in [2.45, 2.75) is 19.6 Å². The van der Waals surface area contributed by atoms with Gasteiger partial charge < -0.3 is 15.9 Å². The Morgan fingerprint density at radius 3 is 2.40 bits per heavy atom. The van der Waals surface area contributed by atoms with E-state index in [-0.39, 0.29) is 0 Å². The number of rotatable bonds is 3. The van der Waals surface area contributed by atoms with Gasteiger partial charge in [-0.2, -0.15) is 0 Å². The molecule has 0 saturated heterocycles. The van der Waals surface area contributed by atoms with Crippen molar-refractivity contribution in [3.63, 3.8) is 0 Å². The summed E-state index contributed by atoms with van der Waals surface area (Å²) in [4.78, 5) is 11.0. The molecule has 0 heterocycles. The number of hydrogen-bond donors (Lipinski definition) is 2. The highest BCUT2D eigenvalue weighted by Gasteiger charge is 2.19. The van der Waals surface area contributed by atoms with Crippen LogP contribution < -0.4 is 15.9 Å². The van der Waals surface area contributed by atoms with E-state index in [1.807, 2.05) is 19.6 Å². The van der Waals surface area contributed by atoms with E-state index in [1.165, 1.54) is 0 Å². The fourth-order valence-corrected chi connectivity index (χ4v) is 2.02. The SMILES string of the molecule is C[Si](C)(C)Oc1cccc(C(N)=O)c1N. The van der Waals surface area contributed by atoms with Crippen molar-refractivity contribution in [1.29, 1.82) is 0 Å². The van der Waals surface area contributed by atoms with Gasteiger partial charge in [-0.25, -0.2) is 0 Å². The van der Waals surface area contributed by atoms with E-state index in [0.29, 0.717) is 17.0 Å². The molecule has 0 unspecified atom stereocenters. The van der Waals surface area contributed by atoms with E-state index in [0.717, 1.165) is 0 Å². The molecule has 1 aromatic rings. The molecular formula is C10H16N2O2Si. The van der Waals surface area contributed by atoms with E-state index in [1.54, 1.807) is 18.2 Å². The van der Waals surface area contributed by atoms with Gasteiger partial charge in [0, 0.05) is 0 Å². The van der Waals surface area contributed by atoms with Gasteiger partial charge in [0.15, 0.2) is 0 Å². The highest BCUT2D eigenvalue weighted by molar-refractivity contribution is 6.70. The summed E-state index contributed by atoms with van der Waals surface area (Å²) < 4.78 is 5.73. The van der Waals surface area contributed by atoms with Crippen molar-refractivity contribution in [3.8, 4) is 5.75 Å².